The van der Waals surface area contributed by atoms with Crippen molar-refractivity contribution in [3.05, 3.63) is 88.4 Å². The number of imidazole rings is 1. The van der Waals surface area contributed by atoms with Crippen molar-refractivity contribution >= 4 is 17.0 Å². The minimum atomic E-state index is -0.931. The second-order valence-corrected chi connectivity index (χ2v) is 11.9. The van der Waals surface area contributed by atoms with Crippen LogP contribution in [0.4, 0.5) is 0 Å². The van der Waals surface area contributed by atoms with E-state index in [1.165, 1.54) is 0 Å². The average Bonchev–Trinajstić information content (AvgIpc) is 3.62. The molecule has 2 saturated heterocycles. The molecule has 3 atom stereocenters. The van der Waals surface area contributed by atoms with E-state index in [2.05, 4.69) is 21.6 Å². The summed E-state index contributed by atoms with van der Waals surface area (Å²) in [6.07, 6.45) is 3.30. The van der Waals surface area contributed by atoms with E-state index in [9.17, 15) is 9.90 Å². The molecule has 0 spiro atoms. The molecule has 0 bridgehead atoms. The number of hydrogen-bond acceptors (Lipinski definition) is 7. The van der Waals surface area contributed by atoms with Crippen LogP contribution in [0.2, 0.25) is 0 Å². The van der Waals surface area contributed by atoms with E-state index in [0.29, 0.717) is 30.5 Å². The molecule has 42 heavy (non-hydrogen) atoms. The highest BCUT2D eigenvalue weighted by Gasteiger charge is 2.58. The number of nitriles is 1. The number of rotatable bonds is 9. The van der Waals surface area contributed by atoms with E-state index >= 15 is 0 Å². The van der Waals surface area contributed by atoms with Gasteiger partial charge in [-0.3, -0.25) is 4.90 Å². The standard InChI is InChI=1S/C33H33N5O4/c1-21-13-22(16-34)5-6-24(21)20-42-31-4-2-3-29(36-31)33-10-11-37(17-25(33)15-33)19-30-35-27-8-7-23(32(39)40)14-28(27)38(30)18-26-9-12-41-26/h2-8,13-14,25-26H,9-12,15,17-20H2,1H3,(H,39,40)/t25?,26-,33?/m0/s1. The summed E-state index contributed by atoms with van der Waals surface area (Å²) in [5, 5.41) is 18.7. The molecule has 2 unspecified atom stereocenters. The fourth-order valence-corrected chi connectivity index (χ4v) is 6.59. The van der Waals surface area contributed by atoms with Crippen LogP contribution < -0.4 is 4.74 Å². The topological polar surface area (TPSA) is 114 Å². The number of likely N-dealkylation sites (tertiary alicyclic amines) is 1. The van der Waals surface area contributed by atoms with E-state index in [4.69, 9.17) is 24.7 Å². The van der Waals surface area contributed by atoms with Gasteiger partial charge in [-0.15, -0.1) is 0 Å². The molecule has 3 aliphatic rings. The summed E-state index contributed by atoms with van der Waals surface area (Å²) in [7, 11) is 0. The number of piperidine rings is 1. The van der Waals surface area contributed by atoms with Gasteiger partial charge in [0.25, 0.3) is 0 Å². The molecule has 1 saturated carbocycles. The zero-order valence-electron chi connectivity index (χ0n) is 23.6. The molecule has 4 aromatic rings. The molecular weight excluding hydrogens is 530 g/mol. The van der Waals surface area contributed by atoms with Crippen LogP contribution in [0, 0.1) is 24.2 Å². The lowest BCUT2D eigenvalue weighted by Gasteiger charge is -2.32. The van der Waals surface area contributed by atoms with Crippen LogP contribution >= 0.6 is 0 Å². The molecule has 2 aromatic heterocycles. The average molecular weight is 564 g/mol. The normalized spacial score (nSPS) is 23.1. The van der Waals surface area contributed by atoms with E-state index in [-0.39, 0.29) is 17.1 Å². The molecular formula is C33H33N5O4. The Morgan fingerprint density at radius 3 is 2.83 bits per heavy atom. The van der Waals surface area contributed by atoms with Crippen LogP contribution in [0.1, 0.15) is 57.8 Å². The van der Waals surface area contributed by atoms with Crippen molar-refractivity contribution in [3.8, 4) is 11.9 Å². The van der Waals surface area contributed by atoms with Gasteiger partial charge in [0.05, 0.1) is 53.1 Å². The zero-order valence-corrected chi connectivity index (χ0v) is 23.6. The Hall–Kier alpha value is -4.26. The molecule has 1 N–H and O–H groups in total. The summed E-state index contributed by atoms with van der Waals surface area (Å²) in [6, 6.07) is 19.1. The lowest BCUT2D eigenvalue weighted by molar-refractivity contribution is -0.0592. The Morgan fingerprint density at radius 1 is 1.21 bits per heavy atom. The predicted octanol–water partition coefficient (Wildman–Crippen LogP) is 4.84. The van der Waals surface area contributed by atoms with Gasteiger partial charge in [-0.1, -0.05) is 12.1 Å². The SMILES string of the molecule is Cc1cc(C#N)ccc1COc1cccc(C23CCN(Cc4nc5ccc(C(=O)O)cc5n4C[C@@H]4CCO4)CC2C3)n1. The third-order valence-corrected chi connectivity index (χ3v) is 9.28. The fourth-order valence-electron chi connectivity index (χ4n) is 6.59. The molecule has 7 rings (SSSR count). The van der Waals surface area contributed by atoms with E-state index in [0.717, 1.165) is 79.2 Å². The van der Waals surface area contributed by atoms with Gasteiger partial charge in [-0.2, -0.15) is 5.26 Å². The van der Waals surface area contributed by atoms with Crippen molar-refractivity contribution in [1.29, 1.82) is 5.26 Å². The Bertz CT molecular complexity index is 1720. The third-order valence-electron chi connectivity index (χ3n) is 9.28. The molecule has 214 valence electrons. The van der Waals surface area contributed by atoms with Crippen LogP contribution in [-0.4, -0.2) is 56.3 Å². The number of pyridine rings is 1. The van der Waals surface area contributed by atoms with Gasteiger partial charge in [0.2, 0.25) is 5.88 Å². The first kappa shape index (κ1) is 26.6. The predicted molar refractivity (Wildman–Crippen MR) is 155 cm³/mol. The largest absolute Gasteiger partial charge is 0.478 e. The van der Waals surface area contributed by atoms with Crippen molar-refractivity contribution in [2.75, 3.05) is 19.7 Å². The number of fused-ring (bicyclic) bond motifs is 2. The van der Waals surface area contributed by atoms with Crippen molar-refractivity contribution in [1.82, 2.24) is 19.4 Å². The van der Waals surface area contributed by atoms with Gasteiger partial charge in [-0.25, -0.2) is 14.8 Å². The van der Waals surface area contributed by atoms with Crippen LogP contribution in [0.5, 0.6) is 5.88 Å². The van der Waals surface area contributed by atoms with Crippen LogP contribution in [-0.2, 0) is 29.8 Å². The first-order chi connectivity index (χ1) is 20.4. The lowest BCUT2D eigenvalue weighted by atomic mass is 9.91. The molecule has 2 aromatic carbocycles. The molecule has 2 aliphatic heterocycles. The monoisotopic (exact) mass is 563 g/mol. The number of benzene rings is 2. The van der Waals surface area contributed by atoms with Gasteiger partial charge >= 0.3 is 5.97 Å². The van der Waals surface area contributed by atoms with Crippen molar-refractivity contribution in [3.63, 3.8) is 0 Å². The minimum absolute atomic E-state index is 0.0938. The summed E-state index contributed by atoms with van der Waals surface area (Å²) in [4.78, 5) is 24.0. The lowest BCUT2D eigenvalue weighted by Crippen LogP contribution is -2.37. The maximum atomic E-state index is 11.6. The summed E-state index contributed by atoms with van der Waals surface area (Å²) in [5.41, 5.74) is 5.89. The Kier molecular flexibility index (Phi) is 6.68. The molecule has 0 radical (unpaired) electrons. The number of carbonyl (C=O) groups is 1. The number of nitrogens with zero attached hydrogens (tertiary/aromatic N) is 5. The van der Waals surface area contributed by atoms with Crippen LogP contribution in [0.3, 0.4) is 0 Å². The number of ether oxygens (including phenoxy) is 2. The first-order valence-corrected chi connectivity index (χ1v) is 14.6. The van der Waals surface area contributed by atoms with Gasteiger partial charge < -0.3 is 19.1 Å². The molecule has 0 amide bonds. The van der Waals surface area contributed by atoms with Gasteiger partial charge in [-0.05, 0) is 86.2 Å². The quantitative estimate of drug-likeness (QED) is 0.308. The number of aryl methyl sites for hydroxylation is 1. The molecule has 1 aliphatic carbocycles. The molecule has 4 heterocycles. The maximum absolute atomic E-state index is 11.6. The Morgan fingerprint density at radius 2 is 2.10 bits per heavy atom. The zero-order chi connectivity index (χ0) is 28.8. The smallest absolute Gasteiger partial charge is 0.335 e. The molecule has 9 heteroatoms. The highest BCUT2D eigenvalue weighted by molar-refractivity contribution is 5.92. The number of hydrogen-bond donors (Lipinski definition) is 1. The van der Waals surface area contributed by atoms with Gasteiger partial charge in [0, 0.05) is 24.6 Å². The number of aromatic carboxylic acids is 1. The maximum Gasteiger partial charge on any atom is 0.335 e. The highest BCUT2D eigenvalue weighted by Crippen LogP contribution is 2.59. The van der Waals surface area contributed by atoms with Crippen LogP contribution in [0.15, 0.2) is 54.6 Å². The first-order valence-electron chi connectivity index (χ1n) is 14.6. The fraction of sp³-hybridized carbons (Fsp3) is 0.394. The van der Waals surface area contributed by atoms with Crippen molar-refractivity contribution < 1.29 is 19.4 Å². The van der Waals surface area contributed by atoms with Crippen LogP contribution in [0.25, 0.3) is 11.0 Å². The molecule has 9 nitrogen and oxygen atoms in total. The molecule has 3 fully saturated rings. The summed E-state index contributed by atoms with van der Waals surface area (Å²) >= 11 is 0. The summed E-state index contributed by atoms with van der Waals surface area (Å²) in [5.74, 6) is 1.19. The van der Waals surface area contributed by atoms with Gasteiger partial charge in [0.15, 0.2) is 0 Å². The summed E-state index contributed by atoms with van der Waals surface area (Å²) < 4.78 is 14.0. The van der Waals surface area contributed by atoms with Crippen molar-refractivity contribution in [2.45, 2.75) is 57.4 Å². The van der Waals surface area contributed by atoms with E-state index in [1.54, 1.807) is 12.1 Å². The second-order valence-electron chi connectivity index (χ2n) is 11.9. The highest BCUT2D eigenvalue weighted by atomic mass is 16.5. The second kappa shape index (κ2) is 10.5. The van der Waals surface area contributed by atoms with E-state index < -0.39 is 5.97 Å². The Balaban J connectivity index is 1.04. The minimum Gasteiger partial charge on any atom is -0.478 e. The van der Waals surface area contributed by atoms with E-state index in [1.807, 2.05) is 43.3 Å². The number of carboxylic acids is 1. The van der Waals surface area contributed by atoms with Gasteiger partial charge in [0.1, 0.15) is 12.4 Å². The summed E-state index contributed by atoms with van der Waals surface area (Å²) in [6.45, 7) is 6.51. The number of carboxylic acid groups (broad SMARTS) is 1. The Labute approximate surface area is 244 Å². The number of aromatic nitrogens is 3. The van der Waals surface area contributed by atoms with Crippen molar-refractivity contribution in [2.24, 2.45) is 5.92 Å². The third kappa shape index (κ3) is 4.91.